The van der Waals surface area contributed by atoms with Crippen LogP contribution < -0.4 is 0 Å². The van der Waals surface area contributed by atoms with Gasteiger partial charge in [-0.2, -0.15) is 0 Å². The van der Waals surface area contributed by atoms with Crippen LogP contribution in [0.3, 0.4) is 0 Å². The van der Waals surface area contributed by atoms with Gasteiger partial charge in [-0.25, -0.2) is 19.9 Å². The number of thiazole rings is 1. The molecule has 0 aliphatic carbocycles. The van der Waals surface area contributed by atoms with Crippen molar-refractivity contribution in [2.24, 2.45) is 0 Å². The molecule has 0 N–H and O–H groups in total. The lowest BCUT2D eigenvalue weighted by molar-refractivity contribution is 1.08. The molecule has 4 nitrogen and oxygen atoms in total. The summed E-state index contributed by atoms with van der Waals surface area (Å²) in [7, 11) is 0. The molecular formula is C46H28N4S. The fourth-order valence-corrected chi connectivity index (χ4v) is 8.09. The molecule has 0 aliphatic rings. The van der Waals surface area contributed by atoms with Crippen molar-refractivity contribution in [1.29, 1.82) is 0 Å². The molecule has 0 amide bonds. The summed E-state index contributed by atoms with van der Waals surface area (Å²) in [6, 6.07) is 59.3. The lowest BCUT2D eigenvalue weighted by Gasteiger charge is -2.13. The van der Waals surface area contributed by atoms with Gasteiger partial charge in [-0.1, -0.05) is 152 Å². The zero-order chi connectivity index (χ0) is 33.7. The van der Waals surface area contributed by atoms with Crippen LogP contribution in [-0.4, -0.2) is 19.9 Å². The van der Waals surface area contributed by atoms with E-state index in [1.807, 2.05) is 60.7 Å². The van der Waals surface area contributed by atoms with E-state index in [9.17, 15) is 0 Å². The van der Waals surface area contributed by atoms with E-state index in [1.54, 1.807) is 11.3 Å². The molecule has 0 bridgehead atoms. The standard InChI is InChI=1S/C46H28N4S/c1-3-12-31(13-4-1)43-48-44(32-14-5-2-6-15-32)50-45(49-43)39-20-10-18-37-36(17-9-19-38(37)39)34-23-22-30-25-26-41-42(40(30)28-34)51-46(47-41)35-24-21-29-11-7-8-16-33(29)27-35/h1-28H. The molecule has 0 unspecified atom stereocenters. The van der Waals surface area contributed by atoms with E-state index in [4.69, 9.17) is 19.9 Å². The SMILES string of the molecule is c1ccc(-c2nc(-c3ccccc3)nc(-c3cccc4c(-c5ccc6ccc7nc(-c8ccc9ccccc9c8)sc7c6c5)cccc34)n2)cc1. The molecule has 0 spiro atoms. The van der Waals surface area contributed by atoms with Crippen molar-refractivity contribution >= 4 is 53.9 Å². The maximum atomic E-state index is 5.09. The molecular weight excluding hydrogens is 641 g/mol. The van der Waals surface area contributed by atoms with Crippen LogP contribution in [0.5, 0.6) is 0 Å². The Bertz CT molecular complexity index is 2860. The van der Waals surface area contributed by atoms with Gasteiger partial charge in [0.2, 0.25) is 0 Å². The second-order valence-electron chi connectivity index (χ2n) is 12.7. The molecule has 51 heavy (non-hydrogen) atoms. The zero-order valence-electron chi connectivity index (χ0n) is 27.4. The normalized spacial score (nSPS) is 11.5. The Morgan fingerprint density at radius 3 is 1.67 bits per heavy atom. The van der Waals surface area contributed by atoms with Crippen LogP contribution in [0.2, 0.25) is 0 Å². The van der Waals surface area contributed by atoms with E-state index in [-0.39, 0.29) is 0 Å². The van der Waals surface area contributed by atoms with Gasteiger partial charge in [0.25, 0.3) is 0 Å². The summed E-state index contributed by atoms with van der Waals surface area (Å²) in [5, 5.41) is 8.14. The van der Waals surface area contributed by atoms with E-state index < -0.39 is 0 Å². The number of fused-ring (bicyclic) bond motifs is 5. The Balaban J connectivity index is 1.11. The molecule has 0 radical (unpaired) electrons. The van der Waals surface area contributed by atoms with Crippen LogP contribution in [0.1, 0.15) is 0 Å². The minimum absolute atomic E-state index is 0.650. The summed E-state index contributed by atoms with van der Waals surface area (Å²) in [6.07, 6.45) is 0. The first-order valence-corrected chi connectivity index (χ1v) is 17.8. The zero-order valence-corrected chi connectivity index (χ0v) is 28.2. The van der Waals surface area contributed by atoms with Gasteiger partial charge in [0.05, 0.1) is 10.2 Å². The van der Waals surface area contributed by atoms with Crippen molar-refractivity contribution in [3.05, 3.63) is 170 Å². The van der Waals surface area contributed by atoms with Crippen LogP contribution >= 0.6 is 11.3 Å². The average molecular weight is 669 g/mol. The van der Waals surface area contributed by atoms with Gasteiger partial charge in [-0.05, 0) is 56.3 Å². The van der Waals surface area contributed by atoms with Gasteiger partial charge in [-0.3, -0.25) is 0 Å². The second-order valence-corrected chi connectivity index (χ2v) is 13.7. The minimum atomic E-state index is 0.650. The van der Waals surface area contributed by atoms with Crippen molar-refractivity contribution < 1.29 is 0 Å². The molecule has 0 saturated heterocycles. The Morgan fingerprint density at radius 1 is 0.333 bits per heavy atom. The monoisotopic (exact) mass is 668 g/mol. The fourth-order valence-electron chi connectivity index (χ4n) is 7.00. The Morgan fingerprint density at radius 2 is 0.922 bits per heavy atom. The van der Waals surface area contributed by atoms with E-state index in [0.717, 1.165) is 54.7 Å². The lowest BCUT2D eigenvalue weighted by atomic mass is 9.94. The maximum absolute atomic E-state index is 5.09. The van der Waals surface area contributed by atoms with E-state index in [2.05, 4.69) is 109 Å². The molecule has 238 valence electrons. The third-order valence-corrected chi connectivity index (χ3v) is 10.7. The van der Waals surface area contributed by atoms with Crippen LogP contribution in [-0.2, 0) is 0 Å². The third kappa shape index (κ3) is 5.23. The molecule has 10 aromatic rings. The molecule has 0 atom stereocenters. The molecule has 8 aromatic carbocycles. The van der Waals surface area contributed by atoms with Gasteiger partial charge >= 0.3 is 0 Å². The van der Waals surface area contributed by atoms with Crippen LogP contribution in [0, 0.1) is 0 Å². The molecule has 0 fully saturated rings. The first kappa shape index (κ1) is 29.4. The highest BCUT2D eigenvalue weighted by Crippen LogP contribution is 2.40. The van der Waals surface area contributed by atoms with Gasteiger partial charge in [0.1, 0.15) is 5.01 Å². The highest BCUT2D eigenvalue weighted by Gasteiger charge is 2.16. The summed E-state index contributed by atoms with van der Waals surface area (Å²) in [6.45, 7) is 0. The largest absolute Gasteiger partial charge is 0.236 e. The van der Waals surface area contributed by atoms with Gasteiger partial charge in [0, 0.05) is 27.6 Å². The lowest BCUT2D eigenvalue weighted by Crippen LogP contribution is -2.00. The summed E-state index contributed by atoms with van der Waals surface area (Å²) in [5.74, 6) is 1.95. The van der Waals surface area contributed by atoms with Crippen LogP contribution in [0.15, 0.2) is 170 Å². The van der Waals surface area contributed by atoms with Gasteiger partial charge in [0.15, 0.2) is 17.5 Å². The van der Waals surface area contributed by atoms with Crippen LogP contribution in [0.25, 0.3) is 98.4 Å². The fraction of sp³-hybridized carbons (Fsp3) is 0. The predicted molar refractivity (Wildman–Crippen MR) is 213 cm³/mol. The van der Waals surface area contributed by atoms with Crippen molar-refractivity contribution in [2.45, 2.75) is 0 Å². The summed E-state index contributed by atoms with van der Waals surface area (Å²) in [4.78, 5) is 20.1. The quantitative estimate of drug-likeness (QED) is 0.183. The Kier molecular flexibility index (Phi) is 6.96. The Labute approximate surface area is 298 Å². The molecule has 10 rings (SSSR count). The number of rotatable bonds is 5. The molecule has 0 saturated carbocycles. The van der Waals surface area contributed by atoms with E-state index >= 15 is 0 Å². The minimum Gasteiger partial charge on any atom is -0.236 e. The number of benzene rings is 8. The average Bonchev–Trinajstić information content (AvgIpc) is 3.66. The number of hydrogen-bond donors (Lipinski definition) is 0. The highest BCUT2D eigenvalue weighted by atomic mass is 32.1. The molecule has 2 aromatic heterocycles. The molecule has 5 heteroatoms. The van der Waals surface area contributed by atoms with Gasteiger partial charge in [-0.15, -0.1) is 11.3 Å². The van der Waals surface area contributed by atoms with Crippen molar-refractivity contribution in [3.8, 4) is 55.9 Å². The number of nitrogens with zero attached hydrogens (tertiary/aromatic N) is 4. The topological polar surface area (TPSA) is 51.6 Å². The smallest absolute Gasteiger partial charge is 0.164 e. The first-order chi connectivity index (χ1) is 25.2. The van der Waals surface area contributed by atoms with Gasteiger partial charge < -0.3 is 0 Å². The van der Waals surface area contributed by atoms with E-state index in [1.165, 1.54) is 26.2 Å². The summed E-state index contributed by atoms with van der Waals surface area (Å²) < 4.78 is 1.20. The maximum Gasteiger partial charge on any atom is 0.164 e. The summed E-state index contributed by atoms with van der Waals surface area (Å²) >= 11 is 1.76. The van der Waals surface area contributed by atoms with E-state index in [0.29, 0.717) is 17.5 Å². The van der Waals surface area contributed by atoms with Crippen molar-refractivity contribution in [3.63, 3.8) is 0 Å². The first-order valence-electron chi connectivity index (χ1n) is 17.0. The number of hydrogen-bond acceptors (Lipinski definition) is 5. The number of aromatic nitrogens is 4. The highest BCUT2D eigenvalue weighted by molar-refractivity contribution is 7.22. The predicted octanol–water partition coefficient (Wildman–Crippen LogP) is 12.3. The molecule has 0 aliphatic heterocycles. The second kappa shape index (κ2) is 12.1. The van der Waals surface area contributed by atoms with Crippen molar-refractivity contribution in [2.75, 3.05) is 0 Å². The van der Waals surface area contributed by atoms with Crippen LogP contribution in [0.4, 0.5) is 0 Å². The Hall–Kier alpha value is -6.56. The molecule has 2 heterocycles. The van der Waals surface area contributed by atoms with Crippen molar-refractivity contribution in [1.82, 2.24) is 19.9 Å². The summed E-state index contributed by atoms with van der Waals surface area (Å²) in [5.41, 5.74) is 7.35. The third-order valence-electron chi connectivity index (χ3n) is 9.54.